The zero-order valence-corrected chi connectivity index (χ0v) is 19.1. The number of pyridine rings is 1. The summed E-state index contributed by atoms with van der Waals surface area (Å²) in [6.45, 7) is 7.83. The highest BCUT2D eigenvalue weighted by atomic mass is 16.7. The van der Waals surface area contributed by atoms with Crippen LogP contribution in [0, 0.1) is 0 Å². The Morgan fingerprint density at radius 1 is 1.03 bits per heavy atom. The number of para-hydroxylation sites is 2. The van der Waals surface area contributed by atoms with Crippen molar-refractivity contribution in [3.05, 3.63) is 36.4 Å². The molecule has 2 amide bonds. The molecule has 1 aromatic heterocycles. The average molecular weight is 450 g/mol. The molecule has 0 atom stereocenters. The number of alkyl carbamates (subject to hydrolysis) is 1. The molecule has 1 heterocycles. The molecule has 0 spiro atoms. The fourth-order valence-corrected chi connectivity index (χ4v) is 1.93. The number of nitrogens with zero attached hydrogens (tertiary/aromatic N) is 1. The van der Waals surface area contributed by atoms with Crippen LogP contribution in [-0.2, 0) is 9.53 Å². The lowest BCUT2D eigenvalue weighted by molar-refractivity contribution is -0.116. The number of carbonyl (C=O) groups excluding carboxylic acids is 2. The van der Waals surface area contributed by atoms with Crippen LogP contribution in [0.5, 0.6) is 5.75 Å². The Morgan fingerprint density at radius 3 is 2.25 bits per heavy atom. The van der Waals surface area contributed by atoms with Crippen LogP contribution in [0.25, 0.3) is 0 Å². The van der Waals surface area contributed by atoms with E-state index in [1.165, 1.54) is 0 Å². The molecular formula is C21H35N7O4. The molecule has 178 valence electrons. The molecule has 0 saturated heterocycles. The van der Waals surface area contributed by atoms with Gasteiger partial charge in [-0.1, -0.05) is 26.0 Å². The van der Waals surface area contributed by atoms with Gasteiger partial charge in [0.05, 0.1) is 11.4 Å². The number of hydrogen-bond acceptors (Lipinski definition) is 9. The summed E-state index contributed by atoms with van der Waals surface area (Å²) in [5.74, 6) is 0.898. The van der Waals surface area contributed by atoms with Crippen LogP contribution in [-0.4, -0.2) is 36.4 Å². The van der Waals surface area contributed by atoms with E-state index in [0.717, 1.165) is 0 Å². The van der Waals surface area contributed by atoms with Crippen molar-refractivity contribution >= 4 is 35.0 Å². The highest BCUT2D eigenvalue weighted by Gasteiger charge is 2.05. The number of nitrogens with one attached hydrogen (secondary N) is 2. The molecule has 11 nitrogen and oxygen atoms in total. The lowest BCUT2D eigenvalue weighted by atomic mass is 10.3. The summed E-state index contributed by atoms with van der Waals surface area (Å²) in [5.41, 5.74) is 22.7. The lowest BCUT2D eigenvalue weighted by Crippen LogP contribution is -2.31. The zero-order valence-electron chi connectivity index (χ0n) is 19.1. The molecule has 10 N–H and O–H groups in total. The number of nitrogens with two attached hydrogens (primary N) is 4. The summed E-state index contributed by atoms with van der Waals surface area (Å²) >= 11 is 0. The van der Waals surface area contributed by atoms with E-state index >= 15 is 0 Å². The standard InChI is InChI=1S/C11H16N2O3.C8H13N5O.C2H6/c1-8(2)13-11(14)16-7-15-10-6-4-3-5-9(10)12;9-4-3-7(14)12-6-2-1-5(10)8(11)13-6;1-2/h3-6,8H,7,12H2,1-2H3,(H,13,14);1-2H,3-4,9-10H2,(H3,11,12,13,14);1-2H3. The molecule has 0 fully saturated rings. The first kappa shape index (κ1) is 28.3. The number of amides is 2. The van der Waals surface area contributed by atoms with Crippen LogP contribution >= 0.6 is 0 Å². The quantitative estimate of drug-likeness (QED) is 0.271. The third-order valence-electron chi connectivity index (χ3n) is 3.33. The van der Waals surface area contributed by atoms with E-state index in [1.807, 2.05) is 27.7 Å². The molecule has 0 unspecified atom stereocenters. The summed E-state index contributed by atoms with van der Waals surface area (Å²) in [7, 11) is 0. The van der Waals surface area contributed by atoms with E-state index in [2.05, 4.69) is 15.6 Å². The summed E-state index contributed by atoms with van der Waals surface area (Å²) in [6.07, 6.45) is -0.254. The van der Waals surface area contributed by atoms with Crippen molar-refractivity contribution < 1.29 is 19.1 Å². The predicted octanol–water partition coefficient (Wildman–Crippen LogP) is 2.30. The van der Waals surface area contributed by atoms with Gasteiger partial charge in [-0.3, -0.25) is 4.79 Å². The van der Waals surface area contributed by atoms with Crippen LogP contribution in [0.3, 0.4) is 0 Å². The minimum Gasteiger partial charge on any atom is -0.455 e. The molecule has 0 radical (unpaired) electrons. The maximum absolute atomic E-state index is 11.1. The largest absolute Gasteiger partial charge is 0.455 e. The van der Waals surface area contributed by atoms with Gasteiger partial charge in [-0.15, -0.1) is 0 Å². The SMILES string of the molecule is CC.CC(C)NC(=O)OCOc1ccccc1N.NCCC(=O)Nc1ccc(N)c(N)n1. The van der Waals surface area contributed by atoms with Gasteiger partial charge in [0.1, 0.15) is 17.4 Å². The molecule has 32 heavy (non-hydrogen) atoms. The second-order valence-corrected chi connectivity index (χ2v) is 6.29. The normalized spacial score (nSPS) is 9.44. The van der Waals surface area contributed by atoms with Crippen LogP contribution in [0.2, 0.25) is 0 Å². The number of benzene rings is 1. The van der Waals surface area contributed by atoms with Crippen LogP contribution in [0.15, 0.2) is 36.4 Å². The highest BCUT2D eigenvalue weighted by molar-refractivity contribution is 5.90. The van der Waals surface area contributed by atoms with Crippen molar-refractivity contribution in [3.8, 4) is 5.75 Å². The predicted molar refractivity (Wildman–Crippen MR) is 128 cm³/mol. The Balaban J connectivity index is 0.000000561. The Hall–Kier alpha value is -3.73. The zero-order chi connectivity index (χ0) is 24.5. The Labute approximate surface area is 188 Å². The van der Waals surface area contributed by atoms with Gasteiger partial charge in [-0.25, -0.2) is 9.78 Å². The fourth-order valence-electron chi connectivity index (χ4n) is 1.93. The molecule has 11 heteroatoms. The summed E-state index contributed by atoms with van der Waals surface area (Å²) in [6, 6.07) is 10.2. The molecule has 0 aliphatic rings. The van der Waals surface area contributed by atoms with Crippen molar-refractivity contribution in [2.75, 3.05) is 35.9 Å². The first-order valence-electron chi connectivity index (χ1n) is 10.2. The number of anilines is 4. The molecule has 0 bridgehead atoms. The maximum Gasteiger partial charge on any atom is 0.410 e. The van der Waals surface area contributed by atoms with Crippen LogP contribution in [0.4, 0.5) is 27.8 Å². The van der Waals surface area contributed by atoms with Gasteiger partial charge in [-0.2, -0.15) is 0 Å². The molecule has 1 aromatic carbocycles. The number of carbonyl (C=O) groups is 2. The third-order valence-corrected chi connectivity index (χ3v) is 3.33. The van der Waals surface area contributed by atoms with Gasteiger partial charge < -0.3 is 43.0 Å². The van der Waals surface area contributed by atoms with E-state index in [0.29, 0.717) is 29.5 Å². The van der Waals surface area contributed by atoms with Crippen LogP contribution < -0.4 is 38.3 Å². The number of ether oxygens (including phenoxy) is 2. The minimum atomic E-state index is -0.510. The van der Waals surface area contributed by atoms with E-state index in [1.54, 1.807) is 36.4 Å². The molecule has 0 saturated carbocycles. The van der Waals surface area contributed by atoms with Gasteiger partial charge >= 0.3 is 6.09 Å². The van der Waals surface area contributed by atoms with E-state index in [9.17, 15) is 9.59 Å². The average Bonchev–Trinajstić information content (AvgIpc) is 2.74. The Bertz CT molecular complexity index is 832. The second-order valence-electron chi connectivity index (χ2n) is 6.29. The van der Waals surface area contributed by atoms with Crippen LogP contribution in [0.1, 0.15) is 34.1 Å². The topological polar surface area (TPSA) is 194 Å². The van der Waals surface area contributed by atoms with Crippen molar-refractivity contribution in [1.29, 1.82) is 0 Å². The van der Waals surface area contributed by atoms with Gasteiger partial charge in [0.25, 0.3) is 0 Å². The van der Waals surface area contributed by atoms with Gasteiger partial charge in [-0.05, 0) is 38.1 Å². The number of hydrogen-bond donors (Lipinski definition) is 6. The number of nitrogen functional groups attached to an aromatic ring is 3. The minimum absolute atomic E-state index is 0.0364. The van der Waals surface area contributed by atoms with Crippen molar-refractivity contribution in [2.24, 2.45) is 5.73 Å². The monoisotopic (exact) mass is 449 g/mol. The fraction of sp³-hybridized carbons (Fsp3) is 0.381. The van der Waals surface area contributed by atoms with Gasteiger partial charge in [0.15, 0.2) is 0 Å². The Morgan fingerprint density at radius 2 is 1.69 bits per heavy atom. The van der Waals surface area contributed by atoms with Gasteiger partial charge in [0, 0.05) is 19.0 Å². The van der Waals surface area contributed by atoms with Gasteiger partial charge in [0.2, 0.25) is 12.7 Å². The van der Waals surface area contributed by atoms with Crippen molar-refractivity contribution in [3.63, 3.8) is 0 Å². The number of rotatable bonds is 7. The Kier molecular flexibility index (Phi) is 14.2. The van der Waals surface area contributed by atoms with E-state index < -0.39 is 6.09 Å². The summed E-state index contributed by atoms with van der Waals surface area (Å²) in [4.78, 5) is 26.1. The van der Waals surface area contributed by atoms with E-state index in [4.69, 9.17) is 32.4 Å². The highest BCUT2D eigenvalue weighted by Crippen LogP contribution is 2.19. The second kappa shape index (κ2) is 16.0. The summed E-state index contributed by atoms with van der Waals surface area (Å²) in [5, 5.41) is 5.12. The molecule has 2 aromatic rings. The maximum atomic E-state index is 11.1. The first-order chi connectivity index (χ1) is 15.2. The molecule has 0 aliphatic heterocycles. The first-order valence-corrected chi connectivity index (χ1v) is 10.2. The molecule has 0 aliphatic carbocycles. The summed E-state index contributed by atoms with van der Waals surface area (Å²) < 4.78 is 9.96. The lowest BCUT2D eigenvalue weighted by Gasteiger charge is -2.11. The van der Waals surface area contributed by atoms with Crippen molar-refractivity contribution in [2.45, 2.75) is 40.2 Å². The van der Waals surface area contributed by atoms with E-state index in [-0.39, 0.29) is 31.0 Å². The van der Waals surface area contributed by atoms with Crippen molar-refractivity contribution in [1.82, 2.24) is 10.3 Å². The number of aromatic nitrogens is 1. The molecular weight excluding hydrogens is 414 g/mol. The third kappa shape index (κ3) is 12.1. The molecule has 2 rings (SSSR count). The smallest absolute Gasteiger partial charge is 0.410 e.